The van der Waals surface area contributed by atoms with Gasteiger partial charge in [-0.2, -0.15) is 0 Å². The number of ether oxygens (including phenoxy) is 1. The van der Waals surface area contributed by atoms with Crippen molar-refractivity contribution in [3.05, 3.63) is 11.4 Å². The zero-order valence-corrected chi connectivity index (χ0v) is 10.3. The average Bonchev–Trinajstić information content (AvgIpc) is 2.72. The first-order valence-electron chi connectivity index (χ1n) is 5.15. The highest BCUT2D eigenvalue weighted by Gasteiger charge is 2.20. The highest BCUT2D eigenvalue weighted by molar-refractivity contribution is 5.94. The standard InChI is InChI=1S/C9H13N5O5/c1-10-9(18)11-6(15)3-14-5(4-19-2)7(8(16)17)12-13-14/h3-4H2,1-2H3,(H,16,17)(H2,10,11,15,18). The Hall–Kier alpha value is -2.49. The van der Waals surface area contributed by atoms with E-state index < -0.39 is 17.9 Å². The van der Waals surface area contributed by atoms with E-state index in [9.17, 15) is 14.4 Å². The fourth-order valence-corrected chi connectivity index (χ4v) is 1.27. The normalized spacial score (nSPS) is 10.0. The molecule has 0 bridgehead atoms. The molecule has 0 fully saturated rings. The van der Waals surface area contributed by atoms with Gasteiger partial charge in [-0.15, -0.1) is 5.10 Å². The number of carboxylic acid groups (broad SMARTS) is 1. The molecule has 104 valence electrons. The summed E-state index contributed by atoms with van der Waals surface area (Å²) in [5, 5.41) is 20.1. The maximum absolute atomic E-state index is 11.5. The van der Waals surface area contributed by atoms with E-state index in [2.05, 4.69) is 15.6 Å². The van der Waals surface area contributed by atoms with Crippen LogP contribution >= 0.6 is 0 Å². The number of amides is 3. The van der Waals surface area contributed by atoms with E-state index in [4.69, 9.17) is 9.84 Å². The number of carbonyl (C=O) groups is 3. The predicted molar refractivity (Wildman–Crippen MR) is 60.3 cm³/mol. The van der Waals surface area contributed by atoms with Gasteiger partial charge in [-0.05, 0) is 0 Å². The van der Waals surface area contributed by atoms with Crippen molar-refractivity contribution in [2.24, 2.45) is 0 Å². The van der Waals surface area contributed by atoms with E-state index in [-0.39, 0.29) is 24.5 Å². The molecular formula is C9H13N5O5. The van der Waals surface area contributed by atoms with Crippen molar-refractivity contribution in [3.8, 4) is 0 Å². The van der Waals surface area contributed by atoms with Crippen molar-refractivity contribution in [2.75, 3.05) is 14.2 Å². The molecular weight excluding hydrogens is 258 g/mol. The summed E-state index contributed by atoms with van der Waals surface area (Å²) in [6.07, 6.45) is 0. The lowest BCUT2D eigenvalue weighted by atomic mass is 10.3. The fourth-order valence-electron chi connectivity index (χ4n) is 1.27. The van der Waals surface area contributed by atoms with Crippen LogP contribution in [0.4, 0.5) is 4.79 Å². The molecule has 0 aliphatic rings. The highest BCUT2D eigenvalue weighted by atomic mass is 16.5. The molecule has 10 nitrogen and oxygen atoms in total. The second-order valence-electron chi connectivity index (χ2n) is 3.41. The monoisotopic (exact) mass is 271 g/mol. The van der Waals surface area contributed by atoms with Crippen LogP contribution in [0, 0.1) is 0 Å². The van der Waals surface area contributed by atoms with E-state index in [1.807, 2.05) is 5.32 Å². The molecule has 1 aromatic rings. The number of imide groups is 1. The Balaban J connectivity index is 2.86. The molecule has 0 unspecified atom stereocenters. The van der Waals surface area contributed by atoms with Gasteiger partial charge in [-0.25, -0.2) is 14.3 Å². The van der Waals surface area contributed by atoms with Crippen molar-refractivity contribution in [2.45, 2.75) is 13.2 Å². The maximum atomic E-state index is 11.5. The van der Waals surface area contributed by atoms with Crippen LogP contribution in [0.2, 0.25) is 0 Å². The third-order valence-electron chi connectivity index (χ3n) is 2.09. The first-order chi connectivity index (χ1) is 8.99. The average molecular weight is 271 g/mol. The van der Waals surface area contributed by atoms with E-state index in [1.54, 1.807) is 0 Å². The van der Waals surface area contributed by atoms with Crippen molar-refractivity contribution >= 4 is 17.9 Å². The van der Waals surface area contributed by atoms with Crippen LogP contribution in [-0.4, -0.2) is 52.2 Å². The van der Waals surface area contributed by atoms with Crippen LogP contribution in [0.25, 0.3) is 0 Å². The van der Waals surface area contributed by atoms with Crippen LogP contribution < -0.4 is 10.6 Å². The third-order valence-corrected chi connectivity index (χ3v) is 2.09. The molecule has 0 atom stereocenters. The van der Waals surface area contributed by atoms with Crippen LogP contribution in [0.15, 0.2) is 0 Å². The number of urea groups is 1. The molecule has 0 aliphatic carbocycles. The summed E-state index contributed by atoms with van der Waals surface area (Å²) in [4.78, 5) is 33.3. The topological polar surface area (TPSA) is 135 Å². The van der Waals surface area contributed by atoms with Gasteiger partial charge in [0.05, 0.1) is 12.3 Å². The maximum Gasteiger partial charge on any atom is 0.358 e. The van der Waals surface area contributed by atoms with E-state index in [0.717, 1.165) is 4.68 Å². The summed E-state index contributed by atoms with van der Waals surface area (Å²) >= 11 is 0. The minimum atomic E-state index is -1.27. The molecule has 0 saturated heterocycles. The summed E-state index contributed by atoms with van der Waals surface area (Å²) in [6.45, 7) is -0.408. The summed E-state index contributed by atoms with van der Waals surface area (Å²) in [7, 11) is 2.73. The Labute approximate surface area is 107 Å². The molecule has 1 aromatic heterocycles. The predicted octanol–water partition coefficient (Wildman–Crippen LogP) is -1.42. The van der Waals surface area contributed by atoms with Crippen molar-refractivity contribution in [1.29, 1.82) is 0 Å². The number of methoxy groups -OCH3 is 1. The lowest BCUT2D eigenvalue weighted by Crippen LogP contribution is -2.39. The van der Waals surface area contributed by atoms with Crippen molar-refractivity contribution < 1.29 is 24.2 Å². The number of carbonyl (C=O) groups excluding carboxylic acids is 2. The Morgan fingerprint density at radius 3 is 2.63 bits per heavy atom. The number of nitrogens with zero attached hydrogens (tertiary/aromatic N) is 3. The zero-order chi connectivity index (χ0) is 14.4. The van der Waals surface area contributed by atoms with Crippen LogP contribution in [0.3, 0.4) is 0 Å². The van der Waals surface area contributed by atoms with Gasteiger partial charge in [0.2, 0.25) is 5.91 Å². The van der Waals surface area contributed by atoms with E-state index in [0.29, 0.717) is 0 Å². The van der Waals surface area contributed by atoms with Gasteiger partial charge >= 0.3 is 12.0 Å². The molecule has 1 rings (SSSR count). The second kappa shape index (κ2) is 6.44. The molecule has 0 aliphatic heterocycles. The van der Waals surface area contributed by atoms with Gasteiger partial charge in [0.15, 0.2) is 5.69 Å². The SMILES string of the molecule is CNC(=O)NC(=O)Cn1nnc(C(=O)O)c1COC. The van der Waals surface area contributed by atoms with Crippen molar-refractivity contribution in [3.63, 3.8) is 0 Å². The van der Waals surface area contributed by atoms with E-state index in [1.165, 1.54) is 14.2 Å². The first-order valence-corrected chi connectivity index (χ1v) is 5.15. The molecule has 3 amide bonds. The molecule has 10 heteroatoms. The number of nitrogens with one attached hydrogen (secondary N) is 2. The number of carboxylic acids is 1. The minimum absolute atomic E-state index is 0.0676. The second-order valence-corrected chi connectivity index (χ2v) is 3.41. The lowest BCUT2D eigenvalue weighted by molar-refractivity contribution is -0.120. The number of hydrogen-bond donors (Lipinski definition) is 3. The lowest BCUT2D eigenvalue weighted by Gasteiger charge is -2.06. The van der Waals surface area contributed by atoms with Gasteiger partial charge < -0.3 is 15.2 Å². The van der Waals surface area contributed by atoms with Gasteiger partial charge in [0, 0.05) is 14.2 Å². The molecule has 3 N–H and O–H groups in total. The summed E-state index contributed by atoms with van der Waals surface area (Å²) in [5.41, 5.74) is -0.156. The zero-order valence-electron chi connectivity index (χ0n) is 10.3. The Bertz CT molecular complexity index is 497. The Morgan fingerprint density at radius 2 is 2.11 bits per heavy atom. The van der Waals surface area contributed by atoms with Gasteiger partial charge in [-0.1, -0.05) is 5.21 Å². The molecule has 0 spiro atoms. The van der Waals surface area contributed by atoms with Crippen molar-refractivity contribution in [1.82, 2.24) is 25.6 Å². The largest absolute Gasteiger partial charge is 0.476 e. The number of rotatable bonds is 5. The van der Waals surface area contributed by atoms with E-state index >= 15 is 0 Å². The molecule has 19 heavy (non-hydrogen) atoms. The van der Waals surface area contributed by atoms with Crippen LogP contribution in [-0.2, 0) is 22.7 Å². The summed E-state index contributed by atoms with van der Waals surface area (Å²) in [5.74, 6) is -1.93. The summed E-state index contributed by atoms with van der Waals surface area (Å²) < 4.78 is 5.89. The summed E-state index contributed by atoms with van der Waals surface area (Å²) in [6, 6.07) is -0.670. The van der Waals surface area contributed by atoms with Crippen LogP contribution in [0.5, 0.6) is 0 Å². The first kappa shape index (κ1) is 14.6. The third kappa shape index (κ3) is 3.74. The quantitative estimate of drug-likeness (QED) is 0.597. The van der Waals surface area contributed by atoms with Gasteiger partial charge in [0.1, 0.15) is 6.54 Å². The fraction of sp³-hybridized carbons (Fsp3) is 0.444. The molecule has 0 radical (unpaired) electrons. The Kier molecular flexibility index (Phi) is 4.94. The molecule has 0 aromatic carbocycles. The number of aromatic carboxylic acids is 1. The smallest absolute Gasteiger partial charge is 0.358 e. The van der Waals surface area contributed by atoms with Crippen LogP contribution in [0.1, 0.15) is 16.2 Å². The Morgan fingerprint density at radius 1 is 1.42 bits per heavy atom. The molecule has 1 heterocycles. The highest BCUT2D eigenvalue weighted by Crippen LogP contribution is 2.06. The molecule has 0 saturated carbocycles. The van der Waals surface area contributed by atoms with Gasteiger partial charge in [-0.3, -0.25) is 10.1 Å². The minimum Gasteiger partial charge on any atom is -0.476 e. The number of hydrogen-bond acceptors (Lipinski definition) is 6. The van der Waals surface area contributed by atoms with Gasteiger partial charge in [0.25, 0.3) is 0 Å². The number of aromatic nitrogens is 3.